The van der Waals surface area contributed by atoms with Crippen molar-refractivity contribution in [3.8, 4) is 6.07 Å². The molecule has 24 heavy (non-hydrogen) atoms. The van der Waals surface area contributed by atoms with Gasteiger partial charge in [-0.05, 0) is 19.4 Å². The molecule has 2 aliphatic heterocycles. The molecule has 2 unspecified atom stereocenters. The van der Waals surface area contributed by atoms with Crippen molar-refractivity contribution in [1.29, 1.82) is 5.26 Å². The number of alkyl halides is 3. The molecular weight excluding hydrogens is 326 g/mol. The molecule has 4 nitrogen and oxygen atoms in total. The fraction of sp³-hybridized carbons (Fsp3) is 0.500. The lowest BCUT2D eigenvalue weighted by molar-refractivity contribution is -0.218. The van der Waals surface area contributed by atoms with Gasteiger partial charge < -0.3 is 10.5 Å². The molecule has 2 heterocycles. The molecule has 1 saturated heterocycles. The van der Waals surface area contributed by atoms with E-state index in [1.165, 1.54) is 25.1 Å². The monoisotopic (exact) mass is 341 g/mol. The summed E-state index contributed by atoms with van der Waals surface area (Å²) in [4.78, 5) is 4.20. The van der Waals surface area contributed by atoms with Crippen LogP contribution in [0.4, 0.5) is 17.6 Å². The number of ether oxygens (including phenoxy) is 1. The Morgan fingerprint density at radius 3 is 2.62 bits per heavy atom. The third kappa shape index (κ3) is 2.26. The molecule has 4 atom stereocenters. The summed E-state index contributed by atoms with van der Waals surface area (Å²) in [5.74, 6) is -2.01. The van der Waals surface area contributed by atoms with Gasteiger partial charge in [-0.2, -0.15) is 18.4 Å². The Kier molecular flexibility index (Phi) is 3.61. The van der Waals surface area contributed by atoms with E-state index in [0.29, 0.717) is 0 Å². The average Bonchev–Trinajstić information content (AvgIpc) is 2.87. The zero-order chi connectivity index (χ0) is 17.8. The highest BCUT2D eigenvalue weighted by Crippen LogP contribution is 2.54. The van der Waals surface area contributed by atoms with Crippen LogP contribution in [0.25, 0.3) is 0 Å². The van der Waals surface area contributed by atoms with Gasteiger partial charge in [0.1, 0.15) is 22.6 Å². The zero-order valence-corrected chi connectivity index (χ0v) is 12.8. The van der Waals surface area contributed by atoms with Crippen LogP contribution in [-0.2, 0) is 10.3 Å². The van der Waals surface area contributed by atoms with E-state index in [2.05, 4.69) is 4.99 Å². The summed E-state index contributed by atoms with van der Waals surface area (Å²) < 4.78 is 59.5. The Balaban J connectivity index is 2.22. The molecule has 0 aliphatic carbocycles. The van der Waals surface area contributed by atoms with Crippen LogP contribution in [0.2, 0.25) is 0 Å². The number of aliphatic imine (C=N–C) groups is 1. The fourth-order valence-electron chi connectivity index (χ4n) is 3.54. The van der Waals surface area contributed by atoms with E-state index in [4.69, 9.17) is 10.5 Å². The van der Waals surface area contributed by atoms with Gasteiger partial charge in [0.15, 0.2) is 6.10 Å². The SMILES string of the molecule is CC1(C#N)C[C@@H]2C(C(F)(F)F)OC[C@]2(c2ccccc2F)N=C1N. The molecule has 128 valence electrons. The van der Waals surface area contributed by atoms with Crippen molar-refractivity contribution in [3.63, 3.8) is 0 Å². The number of fused-ring (bicyclic) bond motifs is 1. The summed E-state index contributed by atoms with van der Waals surface area (Å²) >= 11 is 0. The van der Waals surface area contributed by atoms with Crippen molar-refractivity contribution in [1.82, 2.24) is 0 Å². The third-order valence-electron chi connectivity index (χ3n) is 4.88. The van der Waals surface area contributed by atoms with Crippen LogP contribution in [-0.4, -0.2) is 24.7 Å². The Morgan fingerprint density at radius 1 is 1.38 bits per heavy atom. The van der Waals surface area contributed by atoms with E-state index in [1.54, 1.807) is 0 Å². The molecule has 2 N–H and O–H groups in total. The van der Waals surface area contributed by atoms with Gasteiger partial charge >= 0.3 is 6.18 Å². The maximum absolute atomic E-state index is 14.3. The first-order valence-electron chi connectivity index (χ1n) is 7.34. The molecule has 3 rings (SSSR count). The number of halogens is 4. The average molecular weight is 341 g/mol. The van der Waals surface area contributed by atoms with E-state index in [1.807, 2.05) is 6.07 Å². The third-order valence-corrected chi connectivity index (χ3v) is 4.88. The Hall–Kier alpha value is -2.14. The summed E-state index contributed by atoms with van der Waals surface area (Å²) in [5, 5.41) is 9.33. The molecule has 0 aromatic heterocycles. The number of hydrogen-bond donors (Lipinski definition) is 1. The van der Waals surface area contributed by atoms with Crippen LogP contribution in [0.15, 0.2) is 29.3 Å². The van der Waals surface area contributed by atoms with Crippen LogP contribution < -0.4 is 5.73 Å². The highest BCUT2D eigenvalue weighted by Gasteiger charge is 2.64. The summed E-state index contributed by atoms with van der Waals surface area (Å²) in [6, 6.07) is 7.43. The first kappa shape index (κ1) is 16.7. The zero-order valence-electron chi connectivity index (χ0n) is 12.8. The quantitative estimate of drug-likeness (QED) is 0.799. The first-order chi connectivity index (χ1) is 11.1. The van der Waals surface area contributed by atoms with Crippen molar-refractivity contribution in [2.45, 2.75) is 31.2 Å². The van der Waals surface area contributed by atoms with Gasteiger partial charge in [-0.25, -0.2) is 4.39 Å². The maximum Gasteiger partial charge on any atom is 0.415 e. The van der Waals surface area contributed by atoms with Gasteiger partial charge in [0.25, 0.3) is 0 Å². The maximum atomic E-state index is 14.3. The standard InChI is InChI=1S/C16H15F4N3O/c1-14(7-21)6-10-12(16(18,19)20)24-8-15(10,23-13(14)22)9-4-2-3-5-11(9)17/h2-5,10,12H,6,8H2,1H3,(H2,22,23)/t10-,12?,14?,15-/m1/s1. The van der Waals surface area contributed by atoms with Crippen molar-refractivity contribution >= 4 is 5.84 Å². The van der Waals surface area contributed by atoms with Gasteiger partial charge in [0, 0.05) is 11.5 Å². The molecule has 1 aromatic carbocycles. The molecule has 0 spiro atoms. The summed E-state index contributed by atoms with van der Waals surface area (Å²) in [5.41, 5.74) is 2.95. The van der Waals surface area contributed by atoms with Crippen LogP contribution in [0.3, 0.4) is 0 Å². The molecule has 1 fully saturated rings. The van der Waals surface area contributed by atoms with E-state index in [0.717, 1.165) is 6.07 Å². The topological polar surface area (TPSA) is 71.4 Å². The largest absolute Gasteiger partial charge is 0.415 e. The number of nitrogens with two attached hydrogens (primary N) is 1. The second kappa shape index (κ2) is 5.18. The van der Waals surface area contributed by atoms with E-state index < -0.39 is 41.6 Å². The van der Waals surface area contributed by atoms with Crippen molar-refractivity contribution in [2.24, 2.45) is 22.1 Å². The van der Waals surface area contributed by atoms with Crippen molar-refractivity contribution in [2.75, 3.05) is 6.61 Å². The van der Waals surface area contributed by atoms with Gasteiger partial charge in [0.05, 0.1) is 12.7 Å². The van der Waals surface area contributed by atoms with Crippen LogP contribution in [0, 0.1) is 28.5 Å². The summed E-state index contributed by atoms with van der Waals surface area (Å²) in [6.07, 6.45) is -6.98. The lowest BCUT2D eigenvalue weighted by Gasteiger charge is -2.41. The normalized spacial score (nSPS) is 35.9. The second-order valence-corrected chi connectivity index (χ2v) is 6.43. The molecule has 2 aliphatic rings. The minimum atomic E-state index is -4.64. The summed E-state index contributed by atoms with van der Waals surface area (Å²) in [7, 11) is 0. The van der Waals surface area contributed by atoms with Crippen LogP contribution in [0.5, 0.6) is 0 Å². The smallest absolute Gasteiger partial charge is 0.386 e. The number of hydrogen-bond acceptors (Lipinski definition) is 4. The van der Waals surface area contributed by atoms with E-state index >= 15 is 0 Å². The Bertz CT molecular complexity index is 742. The highest BCUT2D eigenvalue weighted by atomic mass is 19.4. The molecular formula is C16H15F4N3O. The predicted molar refractivity (Wildman–Crippen MR) is 77.3 cm³/mol. The van der Waals surface area contributed by atoms with Crippen molar-refractivity contribution in [3.05, 3.63) is 35.6 Å². The lowest BCUT2D eigenvalue weighted by atomic mass is 9.66. The Labute approximate surface area is 135 Å². The first-order valence-corrected chi connectivity index (χ1v) is 7.34. The number of benzene rings is 1. The number of rotatable bonds is 1. The fourth-order valence-corrected chi connectivity index (χ4v) is 3.54. The molecule has 8 heteroatoms. The van der Waals surface area contributed by atoms with Crippen LogP contribution in [0.1, 0.15) is 18.9 Å². The minimum absolute atomic E-state index is 0.00434. The van der Waals surface area contributed by atoms with Crippen LogP contribution >= 0.6 is 0 Å². The van der Waals surface area contributed by atoms with Gasteiger partial charge in [-0.3, -0.25) is 4.99 Å². The van der Waals surface area contributed by atoms with Gasteiger partial charge in [-0.15, -0.1) is 0 Å². The predicted octanol–water partition coefficient (Wildman–Crippen LogP) is 2.89. The highest BCUT2D eigenvalue weighted by molar-refractivity contribution is 5.90. The molecule has 0 bridgehead atoms. The number of nitriles is 1. The van der Waals surface area contributed by atoms with Crippen molar-refractivity contribution < 1.29 is 22.3 Å². The molecule has 1 aromatic rings. The Morgan fingerprint density at radius 2 is 2.04 bits per heavy atom. The van der Waals surface area contributed by atoms with E-state index in [-0.39, 0.29) is 17.8 Å². The van der Waals surface area contributed by atoms with E-state index in [9.17, 15) is 22.8 Å². The lowest BCUT2D eigenvalue weighted by Crippen LogP contribution is -2.51. The van der Waals surface area contributed by atoms with Gasteiger partial charge in [-0.1, -0.05) is 18.2 Å². The second-order valence-electron chi connectivity index (χ2n) is 6.43. The minimum Gasteiger partial charge on any atom is -0.386 e. The number of amidine groups is 1. The molecule has 0 amide bonds. The molecule has 0 saturated carbocycles. The number of nitrogens with zero attached hydrogens (tertiary/aromatic N) is 2. The van der Waals surface area contributed by atoms with Gasteiger partial charge in [0.2, 0.25) is 0 Å². The summed E-state index contributed by atoms with van der Waals surface area (Å²) in [6.45, 7) is 0.994. The molecule has 0 radical (unpaired) electrons.